The average Bonchev–Trinajstić information content (AvgIpc) is 3.24. The van der Waals surface area contributed by atoms with E-state index in [1.165, 1.54) is 10.9 Å². The largest absolute Gasteiger partial charge is 0.491 e. The van der Waals surface area contributed by atoms with Crippen molar-refractivity contribution in [3.8, 4) is 28.1 Å². The number of hydrogen-bond acceptors (Lipinski definition) is 6. The van der Waals surface area contributed by atoms with Gasteiger partial charge in [0.25, 0.3) is 0 Å². The summed E-state index contributed by atoms with van der Waals surface area (Å²) in [7, 11) is 1.69. The molecule has 0 saturated carbocycles. The minimum atomic E-state index is -4.58. The van der Waals surface area contributed by atoms with Crippen LogP contribution in [0.5, 0.6) is 5.75 Å². The lowest BCUT2D eigenvalue weighted by molar-refractivity contribution is -0.141. The van der Waals surface area contributed by atoms with Crippen LogP contribution in [0.3, 0.4) is 0 Å². The Morgan fingerprint density at radius 2 is 1.68 bits per heavy atom. The number of rotatable bonds is 7. The second-order valence-electron chi connectivity index (χ2n) is 7.96. The molecule has 0 saturated heterocycles. The molecule has 34 heavy (non-hydrogen) atoms. The molecule has 0 atom stereocenters. The molecule has 0 amide bonds. The molecule has 0 fully saturated rings. The lowest BCUT2D eigenvalue weighted by atomic mass is 10.1. The first-order valence-electron chi connectivity index (χ1n) is 10.6. The molecule has 176 valence electrons. The van der Waals surface area contributed by atoms with Gasteiger partial charge in [-0.1, -0.05) is 12.1 Å². The zero-order chi connectivity index (χ0) is 24.3. The van der Waals surface area contributed by atoms with E-state index < -0.39 is 11.9 Å². The molecule has 4 aromatic rings. The van der Waals surface area contributed by atoms with Crippen LogP contribution in [0.1, 0.15) is 25.4 Å². The standard InChI is InChI=1S/C24H23F3N6O/c1-15(2)34-20-6-4-16(5-7-20)17-10-29-23(30-11-17)13-28-19-8-21(18-12-31-33(3)14-18)32-22(9-19)24(25,26)27/h4-12,14-15H,13H2,1-3H3,(H,28,32). The van der Waals surface area contributed by atoms with Crippen molar-refractivity contribution in [3.05, 3.63) is 72.7 Å². The van der Waals surface area contributed by atoms with Crippen molar-refractivity contribution in [3.63, 3.8) is 0 Å². The Kier molecular flexibility index (Phi) is 6.49. The average molecular weight is 468 g/mol. The number of halogens is 3. The van der Waals surface area contributed by atoms with Crippen molar-refractivity contribution in [2.24, 2.45) is 7.05 Å². The van der Waals surface area contributed by atoms with Crippen LogP contribution in [0.2, 0.25) is 0 Å². The zero-order valence-electron chi connectivity index (χ0n) is 18.8. The molecule has 0 bridgehead atoms. The number of benzene rings is 1. The van der Waals surface area contributed by atoms with Gasteiger partial charge in [-0.15, -0.1) is 0 Å². The molecule has 0 spiro atoms. The quantitative estimate of drug-likeness (QED) is 0.394. The molecule has 10 heteroatoms. The predicted molar refractivity (Wildman–Crippen MR) is 122 cm³/mol. The van der Waals surface area contributed by atoms with Crippen LogP contribution in [-0.4, -0.2) is 30.8 Å². The maximum atomic E-state index is 13.4. The number of aromatic nitrogens is 5. The van der Waals surface area contributed by atoms with Crippen molar-refractivity contribution in [1.82, 2.24) is 24.7 Å². The van der Waals surface area contributed by atoms with Gasteiger partial charge in [-0.3, -0.25) is 4.68 Å². The fourth-order valence-electron chi connectivity index (χ4n) is 3.25. The Labute approximate surface area is 194 Å². The second-order valence-corrected chi connectivity index (χ2v) is 7.96. The third kappa shape index (κ3) is 5.69. The number of alkyl halides is 3. The van der Waals surface area contributed by atoms with Gasteiger partial charge >= 0.3 is 6.18 Å². The van der Waals surface area contributed by atoms with E-state index in [-0.39, 0.29) is 24.0 Å². The fraction of sp³-hybridized carbons (Fsp3) is 0.250. The minimum absolute atomic E-state index is 0.0917. The van der Waals surface area contributed by atoms with Crippen molar-refractivity contribution in [2.45, 2.75) is 32.7 Å². The number of pyridine rings is 1. The van der Waals surface area contributed by atoms with Crippen LogP contribution < -0.4 is 10.1 Å². The van der Waals surface area contributed by atoms with Crippen LogP contribution in [-0.2, 0) is 19.8 Å². The topological polar surface area (TPSA) is 77.8 Å². The normalized spacial score (nSPS) is 11.6. The molecule has 3 heterocycles. The SMILES string of the molecule is CC(C)Oc1ccc(-c2cnc(CNc3cc(-c4cnn(C)c4)nc(C(F)(F)F)c3)nc2)cc1. The maximum absolute atomic E-state index is 13.4. The van der Waals surface area contributed by atoms with E-state index in [0.717, 1.165) is 22.9 Å². The molecular weight excluding hydrogens is 445 g/mol. The molecule has 0 aliphatic rings. The summed E-state index contributed by atoms with van der Waals surface area (Å²) in [4.78, 5) is 12.4. The molecule has 1 aromatic carbocycles. The van der Waals surface area contributed by atoms with Gasteiger partial charge in [0.05, 0.1) is 24.5 Å². The van der Waals surface area contributed by atoms with Crippen molar-refractivity contribution >= 4 is 5.69 Å². The lowest BCUT2D eigenvalue weighted by Crippen LogP contribution is -2.11. The van der Waals surface area contributed by atoms with Gasteiger partial charge < -0.3 is 10.1 Å². The number of nitrogens with one attached hydrogen (secondary N) is 1. The first kappa shape index (κ1) is 23.2. The molecule has 4 rings (SSSR count). The summed E-state index contributed by atoms with van der Waals surface area (Å²) >= 11 is 0. The number of ether oxygens (including phenoxy) is 1. The molecule has 0 unspecified atom stereocenters. The van der Waals surface area contributed by atoms with E-state index in [0.29, 0.717) is 11.4 Å². The highest BCUT2D eigenvalue weighted by Crippen LogP contribution is 2.32. The van der Waals surface area contributed by atoms with Crippen LogP contribution in [0.4, 0.5) is 18.9 Å². The summed E-state index contributed by atoms with van der Waals surface area (Å²) in [5.74, 6) is 1.22. The highest BCUT2D eigenvalue weighted by molar-refractivity contribution is 5.64. The Bertz CT molecular complexity index is 1250. The summed E-state index contributed by atoms with van der Waals surface area (Å²) in [6.07, 6.45) is 1.94. The Morgan fingerprint density at radius 1 is 0.971 bits per heavy atom. The third-order valence-corrected chi connectivity index (χ3v) is 4.83. The zero-order valence-corrected chi connectivity index (χ0v) is 18.8. The minimum Gasteiger partial charge on any atom is -0.491 e. The predicted octanol–water partition coefficient (Wildman–Crippen LogP) is 5.36. The van der Waals surface area contributed by atoms with E-state index in [9.17, 15) is 13.2 Å². The van der Waals surface area contributed by atoms with Crippen molar-refractivity contribution in [1.29, 1.82) is 0 Å². The summed E-state index contributed by atoms with van der Waals surface area (Å²) < 4.78 is 47.3. The summed E-state index contributed by atoms with van der Waals surface area (Å²) in [6, 6.07) is 10.1. The molecular formula is C24H23F3N6O. The fourth-order valence-corrected chi connectivity index (χ4v) is 3.25. The Morgan fingerprint density at radius 3 is 2.26 bits per heavy atom. The number of anilines is 1. The van der Waals surface area contributed by atoms with Crippen LogP contribution >= 0.6 is 0 Å². The molecule has 0 aliphatic carbocycles. The monoisotopic (exact) mass is 468 g/mol. The van der Waals surface area contributed by atoms with Crippen molar-refractivity contribution in [2.75, 3.05) is 5.32 Å². The first-order valence-corrected chi connectivity index (χ1v) is 10.6. The van der Waals surface area contributed by atoms with Crippen LogP contribution in [0.25, 0.3) is 22.4 Å². The van der Waals surface area contributed by atoms with Crippen LogP contribution in [0, 0.1) is 0 Å². The summed E-state index contributed by atoms with van der Waals surface area (Å²) in [5, 5.41) is 6.97. The molecule has 3 aromatic heterocycles. The van der Waals surface area contributed by atoms with Gasteiger partial charge in [0.15, 0.2) is 0 Å². The number of hydrogen-bond donors (Lipinski definition) is 1. The van der Waals surface area contributed by atoms with Crippen LogP contribution in [0.15, 0.2) is 61.2 Å². The smallest absolute Gasteiger partial charge is 0.433 e. The van der Waals surface area contributed by atoms with E-state index in [1.807, 2.05) is 38.1 Å². The highest BCUT2D eigenvalue weighted by atomic mass is 19.4. The second kappa shape index (κ2) is 9.50. The number of nitrogens with zero attached hydrogens (tertiary/aromatic N) is 5. The van der Waals surface area contributed by atoms with E-state index in [1.54, 1.807) is 31.7 Å². The Balaban J connectivity index is 1.49. The lowest BCUT2D eigenvalue weighted by Gasteiger charge is -2.12. The first-order chi connectivity index (χ1) is 16.2. The molecule has 1 N–H and O–H groups in total. The van der Waals surface area contributed by atoms with Gasteiger partial charge in [-0.2, -0.15) is 18.3 Å². The summed E-state index contributed by atoms with van der Waals surface area (Å²) in [5.41, 5.74) is 1.68. The summed E-state index contributed by atoms with van der Waals surface area (Å²) in [6.45, 7) is 4.07. The van der Waals surface area contributed by atoms with E-state index in [2.05, 4.69) is 25.4 Å². The molecule has 0 aliphatic heterocycles. The van der Waals surface area contributed by atoms with Gasteiger partial charge in [0.1, 0.15) is 17.3 Å². The Hall–Kier alpha value is -3.95. The van der Waals surface area contributed by atoms with E-state index >= 15 is 0 Å². The van der Waals surface area contributed by atoms with Gasteiger partial charge in [0, 0.05) is 42.5 Å². The number of aryl methyl sites for hydroxylation is 1. The molecule has 0 radical (unpaired) electrons. The third-order valence-electron chi connectivity index (χ3n) is 4.83. The van der Waals surface area contributed by atoms with Gasteiger partial charge in [-0.05, 0) is 43.7 Å². The molecule has 7 nitrogen and oxygen atoms in total. The highest BCUT2D eigenvalue weighted by Gasteiger charge is 2.33. The van der Waals surface area contributed by atoms with Gasteiger partial charge in [0.2, 0.25) is 0 Å². The van der Waals surface area contributed by atoms with Gasteiger partial charge in [-0.25, -0.2) is 15.0 Å². The van der Waals surface area contributed by atoms with Crippen molar-refractivity contribution < 1.29 is 17.9 Å². The maximum Gasteiger partial charge on any atom is 0.433 e. The van der Waals surface area contributed by atoms with E-state index in [4.69, 9.17) is 4.74 Å².